The van der Waals surface area contributed by atoms with E-state index >= 15 is 0 Å². The molecule has 1 N–H and O–H groups in total. The number of hydrogen-bond acceptors (Lipinski definition) is 6. The summed E-state index contributed by atoms with van der Waals surface area (Å²) >= 11 is 7.52. The van der Waals surface area contributed by atoms with E-state index in [1.54, 1.807) is 12.3 Å². The molecule has 0 radical (unpaired) electrons. The van der Waals surface area contributed by atoms with Gasteiger partial charge in [-0.25, -0.2) is 4.98 Å². The predicted molar refractivity (Wildman–Crippen MR) is 102 cm³/mol. The fourth-order valence-corrected chi connectivity index (χ4v) is 3.44. The Labute approximate surface area is 159 Å². The fraction of sp³-hybridized carbons (Fsp3) is 0.0526. The molecule has 1 aliphatic heterocycles. The maximum absolute atomic E-state index is 9.47. The summed E-state index contributed by atoms with van der Waals surface area (Å²) < 4.78 is 10.7. The summed E-state index contributed by atoms with van der Waals surface area (Å²) in [5.74, 6) is 1.43. The number of para-hydroxylation sites is 1. The van der Waals surface area contributed by atoms with Gasteiger partial charge in [-0.1, -0.05) is 23.7 Å². The molecule has 26 heavy (non-hydrogen) atoms. The van der Waals surface area contributed by atoms with Gasteiger partial charge in [-0.2, -0.15) is 5.26 Å². The number of thiazole rings is 1. The minimum absolute atomic E-state index is 0.232. The number of aromatic nitrogens is 1. The van der Waals surface area contributed by atoms with Gasteiger partial charge in [-0.15, -0.1) is 11.3 Å². The van der Waals surface area contributed by atoms with Crippen LogP contribution in [0.25, 0.3) is 16.8 Å². The molecular weight excluding hydrogens is 370 g/mol. The van der Waals surface area contributed by atoms with Crippen molar-refractivity contribution >= 4 is 34.2 Å². The number of nitrogens with zero attached hydrogens (tertiary/aromatic N) is 2. The van der Waals surface area contributed by atoms with Crippen LogP contribution in [0.2, 0.25) is 5.02 Å². The van der Waals surface area contributed by atoms with Crippen molar-refractivity contribution in [1.82, 2.24) is 4.98 Å². The Hall–Kier alpha value is -3.01. The summed E-state index contributed by atoms with van der Waals surface area (Å²) in [4.78, 5) is 4.57. The molecule has 2 aromatic carbocycles. The molecule has 1 aromatic heterocycles. The monoisotopic (exact) mass is 381 g/mol. The molecular formula is C19H12ClN3O2S. The van der Waals surface area contributed by atoms with Crippen LogP contribution in [0.3, 0.4) is 0 Å². The highest BCUT2D eigenvalue weighted by Gasteiger charge is 2.16. The third-order valence-corrected chi connectivity index (χ3v) is 4.97. The fourth-order valence-electron chi connectivity index (χ4n) is 2.46. The van der Waals surface area contributed by atoms with Gasteiger partial charge in [-0.05, 0) is 30.3 Å². The normalized spacial score (nSPS) is 12.7. The average molecular weight is 382 g/mol. The first kappa shape index (κ1) is 16.5. The number of allylic oxidation sites excluding steroid dienone is 1. The molecule has 0 unspecified atom stereocenters. The number of rotatable bonds is 4. The summed E-state index contributed by atoms with van der Waals surface area (Å²) in [6.07, 6.45) is 1.61. The van der Waals surface area contributed by atoms with Crippen molar-refractivity contribution in [2.24, 2.45) is 0 Å². The molecule has 5 nitrogen and oxygen atoms in total. The largest absolute Gasteiger partial charge is 0.454 e. The van der Waals surface area contributed by atoms with E-state index in [0.717, 1.165) is 22.7 Å². The van der Waals surface area contributed by atoms with Crippen LogP contribution >= 0.6 is 22.9 Å². The van der Waals surface area contributed by atoms with Gasteiger partial charge >= 0.3 is 0 Å². The Morgan fingerprint density at radius 3 is 2.92 bits per heavy atom. The van der Waals surface area contributed by atoms with E-state index in [-0.39, 0.29) is 6.79 Å². The highest BCUT2D eigenvalue weighted by Crippen LogP contribution is 2.36. The van der Waals surface area contributed by atoms with E-state index in [1.165, 1.54) is 11.3 Å². The Bertz CT molecular complexity index is 1040. The summed E-state index contributed by atoms with van der Waals surface area (Å²) in [5, 5.41) is 15.7. The molecule has 0 saturated heterocycles. The molecule has 0 saturated carbocycles. The molecule has 0 bridgehead atoms. The van der Waals surface area contributed by atoms with Crippen molar-refractivity contribution in [2.45, 2.75) is 0 Å². The summed E-state index contributed by atoms with van der Waals surface area (Å²) in [6.45, 7) is 0.232. The minimum Gasteiger partial charge on any atom is -0.454 e. The number of fused-ring (bicyclic) bond motifs is 1. The molecule has 0 amide bonds. The molecule has 4 rings (SSSR count). The number of benzene rings is 2. The molecule has 0 aliphatic carbocycles. The van der Waals surface area contributed by atoms with Crippen LogP contribution < -0.4 is 14.8 Å². The third-order valence-electron chi connectivity index (χ3n) is 3.77. The Balaban J connectivity index is 1.59. The van der Waals surface area contributed by atoms with E-state index in [2.05, 4.69) is 16.4 Å². The number of nitrogens with one attached hydrogen (secondary N) is 1. The lowest BCUT2D eigenvalue weighted by molar-refractivity contribution is 0.174. The number of ether oxygens (including phenoxy) is 2. The number of hydrogen-bond donors (Lipinski definition) is 1. The van der Waals surface area contributed by atoms with Crippen LogP contribution in [0.15, 0.2) is 54.0 Å². The quantitative estimate of drug-likeness (QED) is 0.631. The summed E-state index contributed by atoms with van der Waals surface area (Å²) in [6, 6.07) is 15.2. The minimum atomic E-state index is 0.232. The van der Waals surface area contributed by atoms with Gasteiger partial charge in [0.25, 0.3) is 0 Å². The van der Waals surface area contributed by atoms with Gasteiger partial charge in [0.2, 0.25) is 6.79 Å². The highest BCUT2D eigenvalue weighted by molar-refractivity contribution is 7.11. The SMILES string of the molecule is N#C/C(=C\Nc1ccccc1Cl)c1nc(-c2ccc3c(c2)OCO3)cs1. The maximum atomic E-state index is 9.47. The van der Waals surface area contributed by atoms with Crippen LogP contribution in [-0.2, 0) is 0 Å². The first-order chi connectivity index (χ1) is 12.7. The van der Waals surface area contributed by atoms with Crippen molar-refractivity contribution in [3.05, 3.63) is 64.1 Å². The van der Waals surface area contributed by atoms with Gasteiger partial charge in [0.1, 0.15) is 16.6 Å². The van der Waals surface area contributed by atoms with Crippen molar-refractivity contribution < 1.29 is 9.47 Å². The van der Waals surface area contributed by atoms with Crippen molar-refractivity contribution in [3.63, 3.8) is 0 Å². The molecule has 0 spiro atoms. The van der Waals surface area contributed by atoms with Crippen molar-refractivity contribution in [2.75, 3.05) is 12.1 Å². The average Bonchev–Trinajstić information content (AvgIpc) is 3.32. The van der Waals surface area contributed by atoms with Crippen LogP contribution in [0.1, 0.15) is 5.01 Å². The zero-order chi connectivity index (χ0) is 17.9. The number of nitriles is 1. The lowest BCUT2D eigenvalue weighted by Crippen LogP contribution is -1.92. The van der Waals surface area contributed by atoms with E-state index in [4.69, 9.17) is 21.1 Å². The second-order valence-electron chi connectivity index (χ2n) is 5.40. The lowest BCUT2D eigenvalue weighted by Gasteiger charge is -2.03. The first-order valence-electron chi connectivity index (χ1n) is 7.72. The second kappa shape index (κ2) is 7.08. The third kappa shape index (κ3) is 3.23. The zero-order valence-corrected chi connectivity index (χ0v) is 15.0. The van der Waals surface area contributed by atoms with Gasteiger partial charge in [-0.3, -0.25) is 0 Å². The zero-order valence-electron chi connectivity index (χ0n) is 13.4. The van der Waals surface area contributed by atoms with Crippen molar-refractivity contribution in [3.8, 4) is 28.8 Å². The molecule has 0 atom stereocenters. The smallest absolute Gasteiger partial charge is 0.231 e. The molecule has 0 fully saturated rings. The van der Waals surface area contributed by atoms with E-state index in [0.29, 0.717) is 21.4 Å². The Kier molecular flexibility index (Phi) is 4.48. The highest BCUT2D eigenvalue weighted by atomic mass is 35.5. The molecule has 1 aliphatic rings. The predicted octanol–water partition coefficient (Wildman–Crippen LogP) is 5.17. The van der Waals surface area contributed by atoms with Crippen LogP contribution in [0, 0.1) is 11.3 Å². The molecule has 128 valence electrons. The topological polar surface area (TPSA) is 67.2 Å². The maximum Gasteiger partial charge on any atom is 0.231 e. The van der Waals surface area contributed by atoms with Gasteiger partial charge in [0.15, 0.2) is 11.5 Å². The van der Waals surface area contributed by atoms with Crippen LogP contribution in [0.4, 0.5) is 5.69 Å². The van der Waals surface area contributed by atoms with Crippen LogP contribution in [-0.4, -0.2) is 11.8 Å². The first-order valence-corrected chi connectivity index (χ1v) is 8.97. The van der Waals surface area contributed by atoms with E-state index in [1.807, 2.05) is 41.8 Å². The molecule has 2 heterocycles. The van der Waals surface area contributed by atoms with Gasteiger partial charge < -0.3 is 14.8 Å². The summed E-state index contributed by atoms with van der Waals surface area (Å²) in [7, 11) is 0. The van der Waals surface area contributed by atoms with Crippen LogP contribution in [0.5, 0.6) is 11.5 Å². The second-order valence-corrected chi connectivity index (χ2v) is 6.67. The lowest BCUT2D eigenvalue weighted by atomic mass is 10.1. The van der Waals surface area contributed by atoms with Crippen molar-refractivity contribution in [1.29, 1.82) is 5.26 Å². The van der Waals surface area contributed by atoms with Gasteiger partial charge in [0, 0.05) is 17.1 Å². The summed E-state index contributed by atoms with van der Waals surface area (Å²) in [5.41, 5.74) is 2.85. The number of halogens is 1. The number of anilines is 1. The Morgan fingerprint density at radius 2 is 2.08 bits per heavy atom. The van der Waals surface area contributed by atoms with Gasteiger partial charge in [0.05, 0.1) is 16.4 Å². The van der Waals surface area contributed by atoms with E-state index in [9.17, 15) is 5.26 Å². The molecule has 3 aromatic rings. The standard InChI is InChI=1S/C19H12ClN3O2S/c20-14-3-1-2-4-15(14)22-9-13(8-21)19-23-16(10-26-19)12-5-6-17-18(7-12)25-11-24-17/h1-7,9-10,22H,11H2/b13-9+. The molecule has 7 heteroatoms. The van der Waals surface area contributed by atoms with E-state index < -0.39 is 0 Å². The Morgan fingerprint density at radius 1 is 1.23 bits per heavy atom.